The minimum absolute atomic E-state index is 0.306. The van der Waals surface area contributed by atoms with Crippen LogP contribution in [0, 0.1) is 0 Å². The lowest BCUT2D eigenvalue weighted by atomic mass is 9.98. The van der Waals surface area contributed by atoms with Crippen molar-refractivity contribution >= 4 is 17.9 Å². The number of aliphatic hydroxyl groups excluding tert-OH is 1. The van der Waals surface area contributed by atoms with Crippen LogP contribution >= 0.6 is 0 Å². The van der Waals surface area contributed by atoms with E-state index in [9.17, 15) is 19.5 Å². The third-order valence-electron chi connectivity index (χ3n) is 3.98. The normalized spacial score (nSPS) is 26.2. The third-order valence-corrected chi connectivity index (χ3v) is 3.98. The number of esters is 3. The van der Waals surface area contributed by atoms with Crippen molar-refractivity contribution in [2.75, 3.05) is 13.7 Å². The number of ether oxygens (including phenoxy) is 6. The molecule has 0 aliphatic carbocycles. The number of benzene rings is 1. The molecule has 160 valence electrons. The Hall–Kier alpha value is -2.85. The summed E-state index contributed by atoms with van der Waals surface area (Å²) in [5.41, 5.74) is 0. The van der Waals surface area contributed by atoms with Crippen LogP contribution in [0.4, 0.5) is 0 Å². The van der Waals surface area contributed by atoms with E-state index in [0.717, 1.165) is 13.8 Å². The molecule has 2 rings (SSSR count). The van der Waals surface area contributed by atoms with Gasteiger partial charge in [0.1, 0.15) is 30.3 Å². The third kappa shape index (κ3) is 6.33. The number of carbonyl (C=O) groups excluding carboxylic acids is 3. The van der Waals surface area contributed by atoms with Gasteiger partial charge in [-0.05, 0) is 24.3 Å². The highest BCUT2D eigenvalue weighted by molar-refractivity contribution is 5.67. The molecule has 0 amide bonds. The zero-order chi connectivity index (χ0) is 21.6. The molecule has 1 aliphatic heterocycles. The summed E-state index contributed by atoms with van der Waals surface area (Å²) in [6.45, 7) is 3.20. The van der Waals surface area contributed by atoms with Gasteiger partial charge in [-0.3, -0.25) is 14.4 Å². The van der Waals surface area contributed by atoms with Crippen LogP contribution in [0.3, 0.4) is 0 Å². The summed E-state index contributed by atoms with van der Waals surface area (Å²) in [4.78, 5) is 34.2. The fourth-order valence-electron chi connectivity index (χ4n) is 2.77. The van der Waals surface area contributed by atoms with Crippen molar-refractivity contribution in [2.24, 2.45) is 0 Å². The molecule has 0 bridgehead atoms. The molecule has 0 spiro atoms. The molecule has 0 unspecified atom stereocenters. The van der Waals surface area contributed by atoms with E-state index in [1.807, 2.05) is 0 Å². The Morgan fingerprint density at radius 2 is 1.48 bits per heavy atom. The molecule has 0 saturated carbocycles. The van der Waals surface area contributed by atoms with Gasteiger partial charge in [0.2, 0.25) is 6.29 Å². The van der Waals surface area contributed by atoms with E-state index in [1.165, 1.54) is 14.0 Å². The lowest BCUT2D eigenvalue weighted by Gasteiger charge is -2.42. The van der Waals surface area contributed by atoms with Crippen LogP contribution in [-0.4, -0.2) is 67.4 Å². The Morgan fingerprint density at radius 1 is 0.931 bits per heavy atom. The van der Waals surface area contributed by atoms with Gasteiger partial charge in [-0.1, -0.05) is 0 Å². The number of hydrogen-bond donors (Lipinski definition) is 1. The first-order valence-electron chi connectivity index (χ1n) is 8.83. The molecule has 1 aliphatic rings. The number of rotatable bonds is 7. The molecule has 1 N–H and O–H groups in total. The highest BCUT2D eigenvalue weighted by atomic mass is 16.7. The number of carbonyl (C=O) groups is 3. The molecule has 10 heteroatoms. The second kappa shape index (κ2) is 10.1. The van der Waals surface area contributed by atoms with Crippen molar-refractivity contribution < 1.29 is 47.9 Å². The van der Waals surface area contributed by atoms with Crippen LogP contribution in [0.2, 0.25) is 0 Å². The summed E-state index contributed by atoms with van der Waals surface area (Å²) in [6.07, 6.45) is -6.33. The molecule has 29 heavy (non-hydrogen) atoms. The predicted molar refractivity (Wildman–Crippen MR) is 96.0 cm³/mol. The molecule has 1 aromatic carbocycles. The molecule has 1 fully saturated rings. The number of methoxy groups -OCH3 is 1. The summed E-state index contributed by atoms with van der Waals surface area (Å²) in [6, 6.07) is 6.48. The first kappa shape index (κ1) is 22.4. The lowest BCUT2D eigenvalue weighted by Crippen LogP contribution is -2.62. The van der Waals surface area contributed by atoms with Crippen molar-refractivity contribution in [2.45, 2.75) is 51.5 Å². The largest absolute Gasteiger partial charge is 0.497 e. The van der Waals surface area contributed by atoms with Gasteiger partial charge in [-0.15, -0.1) is 0 Å². The van der Waals surface area contributed by atoms with Crippen LogP contribution in [0.5, 0.6) is 11.5 Å². The van der Waals surface area contributed by atoms with E-state index < -0.39 is 48.6 Å². The minimum Gasteiger partial charge on any atom is -0.497 e. The van der Waals surface area contributed by atoms with Crippen molar-refractivity contribution in [3.05, 3.63) is 24.3 Å². The zero-order valence-corrected chi connectivity index (χ0v) is 16.5. The highest BCUT2D eigenvalue weighted by Crippen LogP contribution is 2.29. The quantitative estimate of drug-likeness (QED) is 0.502. The predicted octanol–water partition coefficient (Wildman–Crippen LogP) is 0.586. The first-order chi connectivity index (χ1) is 13.7. The van der Waals surface area contributed by atoms with Crippen LogP contribution < -0.4 is 9.47 Å². The van der Waals surface area contributed by atoms with E-state index in [2.05, 4.69) is 0 Å². The summed E-state index contributed by atoms with van der Waals surface area (Å²) >= 11 is 0. The van der Waals surface area contributed by atoms with Gasteiger partial charge in [0.25, 0.3) is 0 Å². The molecule has 0 aromatic heterocycles. The smallest absolute Gasteiger partial charge is 0.303 e. The molecule has 0 radical (unpaired) electrons. The van der Waals surface area contributed by atoms with Gasteiger partial charge in [-0.2, -0.15) is 0 Å². The number of hydrogen-bond acceptors (Lipinski definition) is 10. The summed E-state index contributed by atoms with van der Waals surface area (Å²) in [5, 5.41) is 10.7. The van der Waals surface area contributed by atoms with Crippen LogP contribution in [0.25, 0.3) is 0 Å². The van der Waals surface area contributed by atoms with Crippen molar-refractivity contribution in [3.63, 3.8) is 0 Å². The van der Waals surface area contributed by atoms with Gasteiger partial charge in [0.15, 0.2) is 12.2 Å². The molecule has 1 heterocycles. The van der Waals surface area contributed by atoms with Crippen molar-refractivity contribution in [1.29, 1.82) is 0 Å². The SMILES string of the molecule is COc1ccc(O[C@@H]2O[C@H](COC(C)=O)[C@@H](OC(C)=O)[C@H](O)[C@H]2OC(C)=O)cc1. The van der Waals surface area contributed by atoms with Gasteiger partial charge in [-0.25, -0.2) is 0 Å². The average Bonchev–Trinajstić information content (AvgIpc) is 2.65. The van der Waals surface area contributed by atoms with E-state index in [1.54, 1.807) is 24.3 Å². The molecular weight excluding hydrogens is 388 g/mol. The van der Waals surface area contributed by atoms with E-state index in [4.69, 9.17) is 28.4 Å². The van der Waals surface area contributed by atoms with Gasteiger partial charge in [0, 0.05) is 20.8 Å². The number of aliphatic hydroxyl groups is 1. The maximum absolute atomic E-state index is 11.5. The second-order valence-corrected chi connectivity index (χ2v) is 6.28. The van der Waals surface area contributed by atoms with E-state index in [0.29, 0.717) is 11.5 Å². The molecule has 5 atom stereocenters. The van der Waals surface area contributed by atoms with Crippen molar-refractivity contribution in [3.8, 4) is 11.5 Å². The Labute approximate surface area is 167 Å². The van der Waals surface area contributed by atoms with Gasteiger partial charge in [0.05, 0.1) is 7.11 Å². The maximum atomic E-state index is 11.5. The summed E-state index contributed by atoms with van der Waals surface area (Å²) < 4.78 is 31.8. The summed E-state index contributed by atoms with van der Waals surface area (Å²) in [5.74, 6) is -1.03. The average molecular weight is 412 g/mol. The fraction of sp³-hybridized carbons (Fsp3) is 0.526. The first-order valence-corrected chi connectivity index (χ1v) is 8.83. The Kier molecular flexibility index (Phi) is 7.80. The van der Waals surface area contributed by atoms with Crippen LogP contribution in [0.1, 0.15) is 20.8 Å². The monoisotopic (exact) mass is 412 g/mol. The van der Waals surface area contributed by atoms with E-state index >= 15 is 0 Å². The fourth-order valence-corrected chi connectivity index (χ4v) is 2.77. The molecule has 10 nitrogen and oxygen atoms in total. The topological polar surface area (TPSA) is 127 Å². The van der Waals surface area contributed by atoms with E-state index in [-0.39, 0.29) is 6.61 Å². The zero-order valence-electron chi connectivity index (χ0n) is 16.5. The Bertz CT molecular complexity index is 714. The summed E-state index contributed by atoms with van der Waals surface area (Å²) in [7, 11) is 1.52. The van der Waals surface area contributed by atoms with Gasteiger partial charge >= 0.3 is 17.9 Å². The highest BCUT2D eigenvalue weighted by Gasteiger charge is 2.50. The molecule has 1 aromatic rings. The maximum Gasteiger partial charge on any atom is 0.303 e. The van der Waals surface area contributed by atoms with Crippen LogP contribution in [0.15, 0.2) is 24.3 Å². The molecule has 1 saturated heterocycles. The standard InChI is InChI=1S/C19H24O10/c1-10(20)25-9-15-17(26-11(2)21)16(23)18(27-12(3)22)19(29-15)28-14-7-5-13(24-4)6-8-14/h5-8,15-19,23H,9H2,1-4H3/t15-,16+,17-,18-,19-/m1/s1. The van der Waals surface area contributed by atoms with Crippen LogP contribution in [-0.2, 0) is 33.3 Å². The lowest BCUT2D eigenvalue weighted by molar-refractivity contribution is -0.285. The molecular formula is C19H24O10. The Balaban J connectivity index is 2.27. The van der Waals surface area contributed by atoms with Crippen molar-refractivity contribution in [1.82, 2.24) is 0 Å². The second-order valence-electron chi connectivity index (χ2n) is 6.28. The van der Waals surface area contributed by atoms with Gasteiger partial charge < -0.3 is 33.5 Å². The Morgan fingerprint density at radius 3 is 2.00 bits per heavy atom. The minimum atomic E-state index is -1.49.